The van der Waals surface area contributed by atoms with Gasteiger partial charge in [0.15, 0.2) is 6.54 Å². The zero-order valence-electron chi connectivity index (χ0n) is 13.6. The molecule has 2 heterocycles. The van der Waals surface area contributed by atoms with Gasteiger partial charge in [-0.25, -0.2) is 9.48 Å². The molecule has 0 bridgehead atoms. The third kappa shape index (κ3) is 2.63. The summed E-state index contributed by atoms with van der Waals surface area (Å²) in [4.78, 5) is 2.23. The van der Waals surface area contributed by atoms with Crippen LogP contribution in [0.1, 0.15) is 17.5 Å². The predicted molar refractivity (Wildman–Crippen MR) is 101 cm³/mol. The number of benzene rings is 2. The lowest BCUT2D eigenvalue weighted by Crippen LogP contribution is -2.41. The van der Waals surface area contributed by atoms with Crippen molar-refractivity contribution in [1.82, 2.24) is 0 Å². The topological polar surface area (TPSA) is 26.5 Å². The largest absolute Gasteiger partial charge is 0.346 e. The van der Waals surface area contributed by atoms with Gasteiger partial charge in [-0.15, -0.1) is 0 Å². The maximum atomic E-state index is 11.5. The van der Waals surface area contributed by atoms with Gasteiger partial charge >= 0.3 is 5.17 Å². The first-order valence-corrected chi connectivity index (χ1v) is 9.54. The molecule has 0 radical (unpaired) electrons. The zero-order chi connectivity index (χ0) is 16.7. The molecular formula is C19H20ClN2OS+. The van der Waals surface area contributed by atoms with E-state index in [2.05, 4.69) is 40.7 Å². The highest BCUT2D eigenvalue weighted by atomic mass is 35.5. The Balaban J connectivity index is 1.78. The molecule has 3 nitrogen and oxygen atoms in total. The Bertz CT molecular complexity index is 788. The number of aryl methyl sites for hydroxylation is 1. The summed E-state index contributed by atoms with van der Waals surface area (Å²) in [6, 6.07) is 16.0. The number of nitrogens with zero attached hydrogens (tertiary/aromatic N) is 2. The van der Waals surface area contributed by atoms with Gasteiger partial charge in [-0.2, -0.15) is 0 Å². The van der Waals surface area contributed by atoms with Gasteiger partial charge in [0, 0.05) is 16.3 Å². The van der Waals surface area contributed by atoms with Crippen molar-refractivity contribution >= 4 is 34.2 Å². The van der Waals surface area contributed by atoms with Crippen molar-refractivity contribution in [2.24, 2.45) is 0 Å². The van der Waals surface area contributed by atoms with Gasteiger partial charge in [0.25, 0.3) is 5.72 Å². The summed E-state index contributed by atoms with van der Waals surface area (Å²) in [5.41, 5.74) is 2.24. The van der Waals surface area contributed by atoms with Crippen LogP contribution in [-0.4, -0.2) is 33.7 Å². The smallest absolute Gasteiger partial charge is 0.316 e. The van der Waals surface area contributed by atoms with Gasteiger partial charge in [-0.1, -0.05) is 41.4 Å². The number of halogens is 1. The molecule has 2 aromatic rings. The number of rotatable bonds is 2. The molecule has 1 N–H and O–H groups in total. The molecule has 2 aliphatic rings. The van der Waals surface area contributed by atoms with Gasteiger partial charge in [0.05, 0.1) is 6.54 Å². The Morgan fingerprint density at radius 1 is 1.12 bits per heavy atom. The van der Waals surface area contributed by atoms with Crippen LogP contribution >= 0.6 is 23.4 Å². The van der Waals surface area contributed by atoms with E-state index >= 15 is 0 Å². The normalized spacial score (nSPS) is 23.5. The summed E-state index contributed by atoms with van der Waals surface area (Å²) in [6.07, 6.45) is 1.08. The van der Waals surface area contributed by atoms with Crippen molar-refractivity contribution in [3.63, 3.8) is 0 Å². The van der Waals surface area contributed by atoms with Crippen LogP contribution in [-0.2, 0) is 5.72 Å². The Labute approximate surface area is 151 Å². The molecule has 5 heteroatoms. The highest BCUT2D eigenvalue weighted by Crippen LogP contribution is 2.37. The number of hydrogen-bond acceptors (Lipinski definition) is 3. The summed E-state index contributed by atoms with van der Waals surface area (Å²) in [7, 11) is 0. The van der Waals surface area contributed by atoms with Gasteiger partial charge in [0.2, 0.25) is 0 Å². The SMILES string of the molecule is Cc1ccc(N2C[C@](O)(c3ccc(Cl)cc3)[N+]3=C2SCCC3)cc1. The maximum absolute atomic E-state index is 11.5. The first kappa shape index (κ1) is 16.0. The van der Waals surface area contributed by atoms with Crippen LogP contribution in [0.2, 0.25) is 5.02 Å². The van der Waals surface area contributed by atoms with Crippen molar-refractivity contribution in [2.45, 2.75) is 19.1 Å². The van der Waals surface area contributed by atoms with E-state index in [9.17, 15) is 5.11 Å². The number of β-amino-alcohol motifs (C(OH)–C–C–N with tert-alkyl or cyclic N) is 1. The monoisotopic (exact) mass is 359 g/mol. The van der Waals surface area contributed by atoms with Crippen molar-refractivity contribution in [3.8, 4) is 0 Å². The lowest BCUT2D eigenvalue weighted by atomic mass is 10.0. The van der Waals surface area contributed by atoms with Crippen LogP contribution in [0, 0.1) is 6.92 Å². The maximum Gasteiger partial charge on any atom is 0.316 e. The summed E-state index contributed by atoms with van der Waals surface area (Å²) in [6.45, 7) is 3.48. The van der Waals surface area contributed by atoms with E-state index in [0.717, 1.165) is 35.1 Å². The first-order valence-electron chi connectivity index (χ1n) is 8.18. The third-order valence-electron chi connectivity index (χ3n) is 4.70. The van der Waals surface area contributed by atoms with E-state index in [1.807, 2.05) is 36.0 Å². The fourth-order valence-electron chi connectivity index (χ4n) is 3.39. The predicted octanol–water partition coefficient (Wildman–Crippen LogP) is 3.82. The number of aliphatic hydroxyl groups is 1. The van der Waals surface area contributed by atoms with E-state index in [4.69, 9.17) is 11.6 Å². The molecule has 124 valence electrons. The molecule has 0 saturated heterocycles. The standard InChI is InChI=1S/C19H20ClN2OS/c1-14-3-9-17(10-4-14)21-13-19(23,15-5-7-16(20)8-6-15)22-11-2-12-24-18(21)22/h3-10,23H,2,11-13H2,1H3/q+1/t19-/m0/s1. The van der Waals surface area contributed by atoms with Crippen LogP contribution in [0.3, 0.4) is 0 Å². The lowest BCUT2D eigenvalue weighted by molar-refractivity contribution is -0.656. The van der Waals surface area contributed by atoms with Crippen LogP contribution in [0.15, 0.2) is 48.5 Å². The Morgan fingerprint density at radius 2 is 1.83 bits per heavy atom. The molecule has 0 amide bonds. The summed E-state index contributed by atoms with van der Waals surface area (Å²) < 4.78 is 2.14. The minimum atomic E-state index is -1.02. The number of hydrogen-bond donors (Lipinski definition) is 1. The first-order chi connectivity index (χ1) is 11.6. The lowest BCUT2D eigenvalue weighted by Gasteiger charge is -2.24. The average molecular weight is 360 g/mol. The number of anilines is 1. The molecule has 0 spiro atoms. The van der Waals surface area contributed by atoms with Gasteiger partial charge in [-0.3, -0.25) is 0 Å². The van der Waals surface area contributed by atoms with Gasteiger partial charge in [0.1, 0.15) is 5.69 Å². The molecule has 0 fully saturated rings. The molecule has 24 heavy (non-hydrogen) atoms. The van der Waals surface area contributed by atoms with E-state index < -0.39 is 5.72 Å². The minimum Gasteiger partial charge on any atom is -0.346 e. The molecule has 4 rings (SSSR count). The molecule has 0 unspecified atom stereocenters. The Morgan fingerprint density at radius 3 is 2.54 bits per heavy atom. The molecule has 2 aliphatic heterocycles. The summed E-state index contributed by atoms with van der Waals surface area (Å²) in [5, 5.41) is 13.4. The highest BCUT2D eigenvalue weighted by molar-refractivity contribution is 8.13. The fourth-order valence-corrected chi connectivity index (χ4v) is 4.70. The van der Waals surface area contributed by atoms with Crippen molar-refractivity contribution in [3.05, 3.63) is 64.7 Å². The molecule has 1 atom stereocenters. The van der Waals surface area contributed by atoms with E-state index in [0.29, 0.717) is 11.6 Å². The second-order valence-corrected chi connectivity index (χ2v) is 7.88. The molecular weight excluding hydrogens is 340 g/mol. The second kappa shape index (κ2) is 6.10. The van der Waals surface area contributed by atoms with Gasteiger partial charge in [-0.05, 0) is 49.4 Å². The van der Waals surface area contributed by atoms with Crippen LogP contribution in [0.5, 0.6) is 0 Å². The molecule has 0 aromatic heterocycles. The van der Waals surface area contributed by atoms with E-state index in [1.165, 1.54) is 5.56 Å². The quantitative estimate of drug-likeness (QED) is 0.826. The van der Waals surface area contributed by atoms with Crippen LogP contribution < -0.4 is 4.90 Å². The van der Waals surface area contributed by atoms with Crippen LogP contribution in [0.25, 0.3) is 0 Å². The molecule has 0 saturated carbocycles. The summed E-state index contributed by atoms with van der Waals surface area (Å²) in [5.74, 6) is 1.09. The van der Waals surface area contributed by atoms with Crippen molar-refractivity contribution < 1.29 is 9.68 Å². The second-order valence-electron chi connectivity index (χ2n) is 6.38. The van der Waals surface area contributed by atoms with Crippen molar-refractivity contribution in [2.75, 3.05) is 23.7 Å². The highest BCUT2D eigenvalue weighted by Gasteiger charge is 2.53. The Hall–Kier alpha value is -1.49. The summed E-state index contributed by atoms with van der Waals surface area (Å²) >= 11 is 7.85. The number of amidine groups is 1. The zero-order valence-corrected chi connectivity index (χ0v) is 15.1. The van der Waals surface area contributed by atoms with E-state index in [1.54, 1.807) is 0 Å². The van der Waals surface area contributed by atoms with Gasteiger partial charge < -0.3 is 5.11 Å². The fraction of sp³-hybridized carbons (Fsp3) is 0.316. The average Bonchev–Trinajstić information content (AvgIpc) is 2.91. The van der Waals surface area contributed by atoms with Crippen LogP contribution in [0.4, 0.5) is 5.69 Å². The van der Waals surface area contributed by atoms with Crippen molar-refractivity contribution in [1.29, 1.82) is 0 Å². The van der Waals surface area contributed by atoms with E-state index in [-0.39, 0.29) is 0 Å². The molecule has 0 aliphatic carbocycles. The third-order valence-corrected chi connectivity index (χ3v) is 6.14. The minimum absolute atomic E-state index is 0.528. The molecule has 2 aromatic carbocycles. The Kier molecular flexibility index (Phi) is 4.07. The number of thioether (sulfide) groups is 1.